The molecule has 3 aromatic rings. The second-order valence-electron chi connectivity index (χ2n) is 6.34. The fourth-order valence-electron chi connectivity index (χ4n) is 2.70. The van der Waals surface area contributed by atoms with Gasteiger partial charge in [-0.3, -0.25) is 9.10 Å². The normalized spacial score (nSPS) is 11.1. The van der Waals surface area contributed by atoms with Gasteiger partial charge in [0.05, 0.1) is 17.7 Å². The molecule has 0 saturated heterocycles. The minimum atomic E-state index is -4.26. The molecule has 0 unspecified atom stereocenters. The standard InChI is InChI=1S/C21H17F3N2O4S/c1-30-17-7-5-16(6-8-17)26(31(28,29)18-9-2-14(22)3-10-18)13-21(27)25-15-4-11-19(23)20(24)12-15/h2-12H,13H2,1H3,(H,25,27). The largest absolute Gasteiger partial charge is 0.497 e. The molecular weight excluding hydrogens is 433 g/mol. The van der Waals surface area contributed by atoms with Crippen LogP contribution in [-0.4, -0.2) is 28.0 Å². The van der Waals surface area contributed by atoms with Crippen LogP contribution in [0.1, 0.15) is 0 Å². The molecule has 0 heterocycles. The molecule has 0 fully saturated rings. The molecule has 0 aliphatic rings. The van der Waals surface area contributed by atoms with Crippen LogP contribution in [0.3, 0.4) is 0 Å². The maximum atomic E-state index is 13.4. The van der Waals surface area contributed by atoms with Crippen LogP contribution < -0.4 is 14.4 Å². The molecule has 6 nitrogen and oxygen atoms in total. The van der Waals surface area contributed by atoms with Crippen LogP contribution in [0.5, 0.6) is 5.75 Å². The quantitative estimate of drug-likeness (QED) is 0.592. The van der Waals surface area contributed by atoms with Gasteiger partial charge in [-0.1, -0.05) is 0 Å². The molecular formula is C21H17F3N2O4S. The zero-order chi connectivity index (χ0) is 22.6. The van der Waals surface area contributed by atoms with Crippen LogP contribution in [-0.2, 0) is 14.8 Å². The molecule has 0 aromatic heterocycles. The van der Waals surface area contributed by atoms with Crippen molar-refractivity contribution in [3.05, 3.63) is 84.2 Å². The molecule has 31 heavy (non-hydrogen) atoms. The summed E-state index contributed by atoms with van der Waals surface area (Å²) in [6.45, 7) is -0.676. The molecule has 1 N–H and O–H groups in total. The van der Waals surface area contributed by atoms with E-state index >= 15 is 0 Å². The number of carbonyl (C=O) groups excluding carboxylic acids is 1. The molecule has 0 radical (unpaired) electrons. The van der Waals surface area contributed by atoms with Gasteiger partial charge in [0, 0.05) is 11.8 Å². The molecule has 0 spiro atoms. The number of ether oxygens (including phenoxy) is 1. The summed E-state index contributed by atoms with van der Waals surface area (Å²) in [6, 6.07) is 12.8. The number of halogens is 3. The number of rotatable bonds is 7. The number of hydrogen-bond acceptors (Lipinski definition) is 4. The van der Waals surface area contributed by atoms with Gasteiger partial charge >= 0.3 is 0 Å². The molecule has 0 aliphatic heterocycles. The Hall–Kier alpha value is -3.53. The third-order valence-corrected chi connectivity index (χ3v) is 6.04. The highest BCUT2D eigenvalue weighted by molar-refractivity contribution is 7.92. The van der Waals surface area contributed by atoms with Crippen molar-refractivity contribution in [2.75, 3.05) is 23.3 Å². The van der Waals surface area contributed by atoms with Gasteiger partial charge in [-0.2, -0.15) is 0 Å². The summed E-state index contributed by atoms with van der Waals surface area (Å²) in [5.74, 6) is -3.20. The van der Waals surface area contributed by atoms with E-state index in [4.69, 9.17) is 4.74 Å². The molecule has 162 valence electrons. The van der Waals surface area contributed by atoms with E-state index < -0.39 is 39.9 Å². The van der Waals surface area contributed by atoms with Crippen LogP contribution >= 0.6 is 0 Å². The average molecular weight is 450 g/mol. The number of nitrogens with zero attached hydrogens (tertiary/aromatic N) is 1. The molecule has 0 aliphatic carbocycles. The Kier molecular flexibility index (Phi) is 6.50. The first-order chi connectivity index (χ1) is 14.7. The Labute approximate surface area is 176 Å². The molecule has 3 aromatic carbocycles. The third-order valence-electron chi connectivity index (χ3n) is 4.25. The van der Waals surface area contributed by atoms with Gasteiger partial charge < -0.3 is 10.1 Å². The van der Waals surface area contributed by atoms with Crippen LogP contribution in [0.4, 0.5) is 24.5 Å². The summed E-state index contributed by atoms with van der Waals surface area (Å²) >= 11 is 0. The van der Waals surface area contributed by atoms with E-state index in [-0.39, 0.29) is 16.3 Å². The SMILES string of the molecule is COc1ccc(N(CC(=O)Nc2ccc(F)c(F)c2)S(=O)(=O)c2ccc(F)cc2)cc1. The van der Waals surface area contributed by atoms with Crippen molar-refractivity contribution in [1.29, 1.82) is 0 Å². The highest BCUT2D eigenvalue weighted by Gasteiger charge is 2.27. The molecule has 0 bridgehead atoms. The van der Waals surface area contributed by atoms with Crippen molar-refractivity contribution in [3.63, 3.8) is 0 Å². The van der Waals surface area contributed by atoms with Gasteiger partial charge in [0.25, 0.3) is 10.0 Å². The third kappa shape index (κ3) is 5.15. The number of amides is 1. The maximum Gasteiger partial charge on any atom is 0.264 e. The second-order valence-corrected chi connectivity index (χ2v) is 8.20. The lowest BCUT2D eigenvalue weighted by molar-refractivity contribution is -0.114. The van der Waals surface area contributed by atoms with Crippen LogP contribution in [0.2, 0.25) is 0 Å². The Morgan fingerprint density at radius 3 is 2.16 bits per heavy atom. The van der Waals surface area contributed by atoms with Crippen molar-refractivity contribution in [2.45, 2.75) is 4.90 Å². The molecule has 0 saturated carbocycles. The lowest BCUT2D eigenvalue weighted by atomic mass is 10.3. The lowest BCUT2D eigenvalue weighted by Crippen LogP contribution is -2.38. The minimum absolute atomic E-state index is 0.0437. The van der Waals surface area contributed by atoms with E-state index in [9.17, 15) is 26.4 Å². The van der Waals surface area contributed by atoms with Crippen molar-refractivity contribution in [2.24, 2.45) is 0 Å². The monoisotopic (exact) mass is 450 g/mol. The van der Waals surface area contributed by atoms with Crippen LogP contribution in [0.25, 0.3) is 0 Å². The number of anilines is 2. The first-order valence-electron chi connectivity index (χ1n) is 8.88. The number of hydrogen-bond donors (Lipinski definition) is 1. The Morgan fingerprint density at radius 2 is 1.58 bits per heavy atom. The van der Waals surface area contributed by atoms with Crippen molar-refractivity contribution in [3.8, 4) is 5.75 Å². The minimum Gasteiger partial charge on any atom is -0.497 e. The predicted molar refractivity (Wildman–Crippen MR) is 109 cm³/mol. The Bertz CT molecular complexity index is 1180. The van der Waals surface area contributed by atoms with Crippen molar-refractivity contribution in [1.82, 2.24) is 0 Å². The number of nitrogens with one attached hydrogen (secondary N) is 1. The summed E-state index contributed by atoms with van der Waals surface area (Å²) in [4.78, 5) is 12.3. The summed E-state index contributed by atoms with van der Waals surface area (Å²) in [7, 11) is -2.82. The molecule has 10 heteroatoms. The van der Waals surface area contributed by atoms with E-state index in [1.807, 2.05) is 0 Å². The van der Waals surface area contributed by atoms with Gasteiger partial charge in [-0.15, -0.1) is 0 Å². The van der Waals surface area contributed by atoms with E-state index in [1.165, 1.54) is 31.4 Å². The maximum absolute atomic E-state index is 13.4. The first kappa shape index (κ1) is 22.2. The van der Waals surface area contributed by atoms with Gasteiger partial charge in [0.15, 0.2) is 11.6 Å². The topological polar surface area (TPSA) is 75.7 Å². The highest BCUT2D eigenvalue weighted by atomic mass is 32.2. The summed E-state index contributed by atoms with van der Waals surface area (Å²) in [6.07, 6.45) is 0. The lowest BCUT2D eigenvalue weighted by Gasteiger charge is -2.24. The molecule has 0 atom stereocenters. The number of sulfonamides is 1. The van der Waals surface area contributed by atoms with Gasteiger partial charge in [0.2, 0.25) is 5.91 Å². The predicted octanol–water partition coefficient (Wildman–Crippen LogP) is 3.95. The number of carbonyl (C=O) groups is 1. The van der Waals surface area contributed by atoms with Gasteiger partial charge in [-0.25, -0.2) is 21.6 Å². The smallest absolute Gasteiger partial charge is 0.264 e. The average Bonchev–Trinajstić information content (AvgIpc) is 2.75. The van der Waals surface area contributed by atoms with E-state index in [0.29, 0.717) is 5.75 Å². The number of benzene rings is 3. The zero-order valence-corrected chi connectivity index (χ0v) is 17.0. The van der Waals surface area contributed by atoms with Gasteiger partial charge in [-0.05, 0) is 60.7 Å². The fraction of sp³-hybridized carbons (Fsp3) is 0.0952. The summed E-state index contributed by atoms with van der Waals surface area (Å²) in [5.41, 5.74) is 0.100. The molecule has 1 amide bonds. The van der Waals surface area contributed by atoms with Gasteiger partial charge in [0.1, 0.15) is 18.1 Å². The van der Waals surface area contributed by atoms with Crippen LogP contribution in [0.15, 0.2) is 71.6 Å². The zero-order valence-electron chi connectivity index (χ0n) is 16.2. The number of methoxy groups -OCH3 is 1. The highest BCUT2D eigenvalue weighted by Crippen LogP contribution is 2.26. The van der Waals surface area contributed by atoms with E-state index in [1.54, 1.807) is 0 Å². The summed E-state index contributed by atoms with van der Waals surface area (Å²) in [5, 5.41) is 2.33. The molecule has 3 rings (SSSR count). The Balaban J connectivity index is 1.93. The fourth-order valence-corrected chi connectivity index (χ4v) is 4.12. The van der Waals surface area contributed by atoms with Crippen molar-refractivity contribution < 1.29 is 31.1 Å². The van der Waals surface area contributed by atoms with E-state index in [2.05, 4.69) is 5.32 Å². The Morgan fingerprint density at radius 1 is 0.935 bits per heavy atom. The van der Waals surface area contributed by atoms with E-state index in [0.717, 1.165) is 46.8 Å². The first-order valence-corrected chi connectivity index (χ1v) is 10.3. The van der Waals surface area contributed by atoms with Crippen molar-refractivity contribution >= 4 is 27.3 Å². The second kappa shape index (κ2) is 9.09. The van der Waals surface area contributed by atoms with Crippen LogP contribution in [0, 0.1) is 17.5 Å². The summed E-state index contributed by atoms with van der Waals surface area (Å²) < 4.78 is 71.9.